The van der Waals surface area contributed by atoms with Gasteiger partial charge in [-0.15, -0.1) is 0 Å². The molecule has 1 heterocycles. The van der Waals surface area contributed by atoms with Crippen molar-refractivity contribution in [1.82, 2.24) is 4.90 Å². The largest absolute Gasteiger partial charge is 0.497 e. The number of hydrogen-bond donors (Lipinski definition) is 1. The molecule has 3 heteroatoms. The molecule has 30 heavy (non-hydrogen) atoms. The van der Waals surface area contributed by atoms with E-state index in [4.69, 9.17) is 4.74 Å². The number of likely N-dealkylation sites (tertiary alicyclic amines) is 1. The molecule has 4 rings (SSSR count). The molecule has 0 radical (unpaired) electrons. The minimum Gasteiger partial charge on any atom is -0.497 e. The molecule has 3 unspecified atom stereocenters. The third-order valence-electron chi connectivity index (χ3n) is 7.08. The van der Waals surface area contributed by atoms with Crippen molar-refractivity contribution in [3.05, 3.63) is 77.9 Å². The zero-order chi connectivity index (χ0) is 21.1. The topological polar surface area (TPSA) is 32.7 Å². The first-order valence-electron chi connectivity index (χ1n) is 11.0. The van der Waals surface area contributed by atoms with Crippen LogP contribution in [0.15, 0.2) is 66.7 Å². The van der Waals surface area contributed by atoms with Crippen LogP contribution in [-0.2, 0) is 12.8 Å². The lowest BCUT2D eigenvalue weighted by atomic mass is 9.76. The highest BCUT2D eigenvalue weighted by atomic mass is 16.5. The molecule has 0 saturated carbocycles. The van der Waals surface area contributed by atoms with E-state index in [2.05, 4.69) is 66.4 Å². The fraction of sp³-hybridized carbons (Fsp3) is 0.407. The highest BCUT2D eigenvalue weighted by Crippen LogP contribution is 2.34. The molecule has 3 atom stereocenters. The van der Waals surface area contributed by atoms with Crippen molar-refractivity contribution >= 4 is 10.8 Å². The third-order valence-corrected chi connectivity index (χ3v) is 7.08. The van der Waals surface area contributed by atoms with Crippen LogP contribution in [-0.4, -0.2) is 41.8 Å². The van der Waals surface area contributed by atoms with E-state index in [9.17, 15) is 5.11 Å². The summed E-state index contributed by atoms with van der Waals surface area (Å²) in [7, 11) is 1.70. The van der Waals surface area contributed by atoms with Gasteiger partial charge in [0.15, 0.2) is 0 Å². The maximum Gasteiger partial charge on any atom is 0.118 e. The number of hydrogen-bond acceptors (Lipinski definition) is 3. The fourth-order valence-corrected chi connectivity index (χ4v) is 4.86. The van der Waals surface area contributed by atoms with Crippen molar-refractivity contribution in [3.8, 4) is 5.75 Å². The molecular weight excluding hydrogens is 370 g/mol. The van der Waals surface area contributed by atoms with Gasteiger partial charge in [-0.25, -0.2) is 0 Å². The normalized spacial score (nSPS) is 24.8. The maximum absolute atomic E-state index is 11.0. The van der Waals surface area contributed by atoms with Crippen LogP contribution in [0.5, 0.6) is 5.75 Å². The molecule has 3 aromatic carbocycles. The Labute approximate surface area is 180 Å². The summed E-state index contributed by atoms with van der Waals surface area (Å²) in [5, 5.41) is 13.6. The Morgan fingerprint density at radius 3 is 2.53 bits per heavy atom. The summed E-state index contributed by atoms with van der Waals surface area (Å²) >= 11 is 0. The molecule has 0 spiro atoms. The molecule has 1 fully saturated rings. The molecule has 0 aliphatic carbocycles. The van der Waals surface area contributed by atoms with Crippen LogP contribution >= 0.6 is 0 Å². The van der Waals surface area contributed by atoms with Crippen molar-refractivity contribution in [2.24, 2.45) is 5.92 Å². The lowest BCUT2D eigenvalue weighted by Gasteiger charge is -2.48. The van der Waals surface area contributed by atoms with E-state index < -0.39 is 5.60 Å². The molecule has 1 aliphatic heterocycles. The minimum absolute atomic E-state index is 0.209. The molecule has 0 bridgehead atoms. The smallest absolute Gasteiger partial charge is 0.118 e. The van der Waals surface area contributed by atoms with Gasteiger partial charge in [0.1, 0.15) is 5.75 Å². The molecule has 3 aromatic rings. The molecule has 1 aliphatic rings. The summed E-state index contributed by atoms with van der Waals surface area (Å²) in [6, 6.07) is 23.9. The second kappa shape index (κ2) is 8.79. The molecule has 0 aromatic heterocycles. The number of ether oxygens (including phenoxy) is 1. The SMILES string of the molecule is COc1ccc(CC2C(C)C(C)(O)CCN2CCc2cccc3ccccc23)cc1. The molecule has 3 nitrogen and oxygen atoms in total. The lowest BCUT2D eigenvalue weighted by molar-refractivity contribution is -0.0808. The highest BCUT2D eigenvalue weighted by Gasteiger charge is 2.41. The summed E-state index contributed by atoms with van der Waals surface area (Å²) in [5.41, 5.74) is 2.08. The first kappa shape index (κ1) is 20.9. The number of nitrogens with zero attached hydrogens (tertiary/aromatic N) is 1. The predicted octanol–water partition coefficient (Wildman–Crippen LogP) is 5.10. The Morgan fingerprint density at radius 2 is 1.77 bits per heavy atom. The first-order chi connectivity index (χ1) is 14.5. The van der Waals surface area contributed by atoms with Crippen LogP contribution in [0.25, 0.3) is 10.8 Å². The van der Waals surface area contributed by atoms with Crippen LogP contribution in [0.1, 0.15) is 31.4 Å². The van der Waals surface area contributed by atoms with Crippen LogP contribution in [0.4, 0.5) is 0 Å². The van der Waals surface area contributed by atoms with E-state index in [-0.39, 0.29) is 5.92 Å². The summed E-state index contributed by atoms with van der Waals surface area (Å²) in [6.07, 6.45) is 2.79. The number of aliphatic hydroxyl groups is 1. The van der Waals surface area contributed by atoms with Gasteiger partial charge < -0.3 is 9.84 Å². The third kappa shape index (κ3) is 4.38. The van der Waals surface area contributed by atoms with Gasteiger partial charge in [0.2, 0.25) is 0 Å². The van der Waals surface area contributed by atoms with E-state index in [1.54, 1.807) is 7.11 Å². The van der Waals surface area contributed by atoms with Gasteiger partial charge in [0, 0.05) is 25.0 Å². The van der Waals surface area contributed by atoms with Crippen molar-refractivity contribution in [1.29, 1.82) is 0 Å². The van der Waals surface area contributed by atoms with Gasteiger partial charge in [-0.3, -0.25) is 4.90 Å². The van der Waals surface area contributed by atoms with Gasteiger partial charge in [0.05, 0.1) is 12.7 Å². The fourth-order valence-electron chi connectivity index (χ4n) is 4.86. The van der Waals surface area contributed by atoms with Crippen LogP contribution in [0.3, 0.4) is 0 Å². The Kier molecular flexibility index (Phi) is 6.12. The van der Waals surface area contributed by atoms with E-state index in [1.165, 1.54) is 21.9 Å². The minimum atomic E-state index is -0.618. The average Bonchev–Trinajstić information content (AvgIpc) is 2.77. The van der Waals surface area contributed by atoms with Crippen molar-refractivity contribution < 1.29 is 9.84 Å². The van der Waals surface area contributed by atoms with Gasteiger partial charge >= 0.3 is 0 Å². The Balaban J connectivity index is 1.53. The molecule has 1 saturated heterocycles. The standard InChI is InChI=1S/C27H33NO2/c1-20-26(19-21-11-13-24(30-3)14-12-21)28(18-16-27(20,2)29)17-15-23-9-6-8-22-7-4-5-10-25(22)23/h4-14,20,26,29H,15-19H2,1-3H3. The van der Waals surface area contributed by atoms with Gasteiger partial charge in [-0.2, -0.15) is 0 Å². The molecule has 158 valence electrons. The van der Waals surface area contributed by atoms with Crippen molar-refractivity contribution in [2.75, 3.05) is 20.2 Å². The van der Waals surface area contributed by atoms with Crippen LogP contribution < -0.4 is 4.74 Å². The zero-order valence-electron chi connectivity index (χ0n) is 18.3. The molecule has 1 N–H and O–H groups in total. The monoisotopic (exact) mass is 403 g/mol. The maximum atomic E-state index is 11.0. The Morgan fingerprint density at radius 1 is 1.03 bits per heavy atom. The molecular formula is C27H33NO2. The number of methoxy groups -OCH3 is 1. The van der Waals surface area contributed by atoms with Crippen molar-refractivity contribution in [2.45, 2.75) is 44.8 Å². The summed E-state index contributed by atoms with van der Waals surface area (Å²) in [6.45, 7) is 6.15. The van der Waals surface area contributed by atoms with E-state index in [0.29, 0.717) is 6.04 Å². The first-order valence-corrected chi connectivity index (χ1v) is 11.0. The number of fused-ring (bicyclic) bond motifs is 1. The lowest BCUT2D eigenvalue weighted by Crippen LogP contribution is -2.56. The quantitative estimate of drug-likeness (QED) is 0.622. The van der Waals surface area contributed by atoms with E-state index >= 15 is 0 Å². The predicted molar refractivity (Wildman–Crippen MR) is 124 cm³/mol. The van der Waals surface area contributed by atoms with Crippen LogP contribution in [0, 0.1) is 5.92 Å². The second-order valence-electron chi connectivity index (χ2n) is 8.94. The van der Waals surface area contributed by atoms with Gasteiger partial charge in [-0.05, 0) is 60.2 Å². The van der Waals surface area contributed by atoms with Crippen molar-refractivity contribution in [3.63, 3.8) is 0 Å². The van der Waals surface area contributed by atoms with E-state index in [0.717, 1.165) is 38.1 Å². The molecule has 0 amide bonds. The number of benzene rings is 3. The number of piperidine rings is 1. The van der Waals surface area contributed by atoms with Crippen LogP contribution in [0.2, 0.25) is 0 Å². The summed E-state index contributed by atoms with van der Waals surface area (Å²) < 4.78 is 5.31. The Bertz CT molecular complexity index is 974. The van der Waals surface area contributed by atoms with Gasteiger partial charge in [0.25, 0.3) is 0 Å². The summed E-state index contributed by atoms with van der Waals surface area (Å²) in [5.74, 6) is 1.09. The van der Waals surface area contributed by atoms with E-state index in [1.807, 2.05) is 19.1 Å². The second-order valence-corrected chi connectivity index (χ2v) is 8.94. The Hall–Kier alpha value is -2.36. The van der Waals surface area contributed by atoms with Gasteiger partial charge in [-0.1, -0.05) is 61.5 Å². The summed E-state index contributed by atoms with van der Waals surface area (Å²) in [4.78, 5) is 2.59. The zero-order valence-corrected chi connectivity index (χ0v) is 18.3. The number of rotatable bonds is 6. The highest BCUT2D eigenvalue weighted by molar-refractivity contribution is 5.85. The average molecular weight is 404 g/mol.